The number of aryl methyl sites for hydroxylation is 1. The molecule has 1 amide bonds. The Hall–Kier alpha value is -1.40. The highest BCUT2D eigenvalue weighted by atomic mass is 32.2. The second-order valence-electron chi connectivity index (χ2n) is 3.59. The molecule has 86 valence electrons. The lowest BCUT2D eigenvalue weighted by atomic mass is 10.2. The molecule has 0 saturated carbocycles. The molecule has 1 aromatic rings. The molecule has 1 aliphatic heterocycles. The summed E-state index contributed by atoms with van der Waals surface area (Å²) in [5.74, 6) is -0.310. The summed E-state index contributed by atoms with van der Waals surface area (Å²) in [4.78, 5) is 11.0. The second-order valence-corrected chi connectivity index (χ2v) is 5.12. The van der Waals surface area contributed by atoms with Crippen LogP contribution in [-0.2, 0) is 19.2 Å². The number of hydrogen-bond donors (Lipinski definition) is 0. The highest BCUT2D eigenvalue weighted by molar-refractivity contribution is 7.86. The van der Waals surface area contributed by atoms with Gasteiger partial charge in [0.1, 0.15) is 0 Å². The van der Waals surface area contributed by atoms with Crippen LogP contribution in [0, 0.1) is 6.92 Å². The number of rotatable bonds is 3. The van der Waals surface area contributed by atoms with Crippen LogP contribution in [0.2, 0.25) is 0 Å². The van der Waals surface area contributed by atoms with E-state index >= 15 is 0 Å². The van der Waals surface area contributed by atoms with E-state index in [9.17, 15) is 13.2 Å². The van der Waals surface area contributed by atoms with Gasteiger partial charge < -0.3 is 0 Å². The van der Waals surface area contributed by atoms with Crippen molar-refractivity contribution in [3.05, 3.63) is 29.8 Å². The molecule has 2 rings (SSSR count). The number of hydroxylamine groups is 2. The van der Waals surface area contributed by atoms with Crippen molar-refractivity contribution in [2.45, 2.75) is 18.2 Å². The monoisotopic (exact) mass is 241 g/mol. The van der Waals surface area contributed by atoms with E-state index in [-0.39, 0.29) is 10.8 Å². The van der Waals surface area contributed by atoms with Crippen LogP contribution in [-0.4, -0.2) is 25.9 Å². The quantitative estimate of drug-likeness (QED) is 0.736. The van der Waals surface area contributed by atoms with Gasteiger partial charge in [-0.15, -0.1) is 4.28 Å². The molecule has 0 spiro atoms. The maximum Gasteiger partial charge on any atom is 0.317 e. The van der Waals surface area contributed by atoms with E-state index in [4.69, 9.17) is 0 Å². The van der Waals surface area contributed by atoms with Crippen molar-refractivity contribution >= 4 is 16.0 Å². The third kappa shape index (κ3) is 2.07. The number of carbonyl (C=O) groups excluding carboxylic acids is 1. The molecule has 6 heteroatoms. The lowest BCUT2D eigenvalue weighted by molar-refractivity contribution is -0.173. The number of nitrogens with zero attached hydrogens (tertiary/aromatic N) is 1. The molecule has 1 heterocycles. The Labute approximate surface area is 93.7 Å². The summed E-state index contributed by atoms with van der Waals surface area (Å²) in [7, 11) is -3.86. The second kappa shape index (κ2) is 3.88. The van der Waals surface area contributed by atoms with Crippen LogP contribution in [0.3, 0.4) is 0 Å². The molecule has 16 heavy (non-hydrogen) atoms. The lowest BCUT2D eigenvalue weighted by Crippen LogP contribution is -2.44. The Kier molecular flexibility index (Phi) is 2.69. The molecule has 0 aliphatic carbocycles. The van der Waals surface area contributed by atoms with Gasteiger partial charge in [-0.05, 0) is 19.1 Å². The Bertz CT molecular complexity index is 506. The zero-order valence-electron chi connectivity index (χ0n) is 8.71. The highest BCUT2D eigenvalue weighted by Crippen LogP contribution is 2.18. The average molecular weight is 241 g/mol. The van der Waals surface area contributed by atoms with Gasteiger partial charge in [-0.25, -0.2) is 5.06 Å². The van der Waals surface area contributed by atoms with Crippen molar-refractivity contribution in [2.75, 3.05) is 6.54 Å². The number of β-lactam (4-membered cyclic amide) rings is 1. The zero-order valence-corrected chi connectivity index (χ0v) is 9.53. The molecule has 1 aliphatic rings. The third-order valence-corrected chi connectivity index (χ3v) is 3.53. The molecule has 1 saturated heterocycles. The molecule has 0 atom stereocenters. The largest absolute Gasteiger partial charge is 0.317 e. The van der Waals surface area contributed by atoms with Gasteiger partial charge in [-0.1, -0.05) is 17.7 Å². The molecule has 1 fully saturated rings. The number of benzene rings is 1. The van der Waals surface area contributed by atoms with Crippen molar-refractivity contribution in [3.8, 4) is 0 Å². The first-order chi connectivity index (χ1) is 7.49. The minimum Gasteiger partial charge on any atom is -0.272 e. The van der Waals surface area contributed by atoms with Gasteiger partial charge in [0, 0.05) is 6.42 Å². The van der Waals surface area contributed by atoms with Gasteiger partial charge >= 0.3 is 10.1 Å². The first kappa shape index (κ1) is 11.1. The molecule has 5 nitrogen and oxygen atoms in total. The van der Waals surface area contributed by atoms with Gasteiger partial charge in [0.25, 0.3) is 0 Å². The summed E-state index contributed by atoms with van der Waals surface area (Å²) in [6.07, 6.45) is 0.337. The van der Waals surface area contributed by atoms with Gasteiger partial charge in [0.15, 0.2) is 0 Å². The van der Waals surface area contributed by atoms with E-state index in [2.05, 4.69) is 4.28 Å². The fourth-order valence-corrected chi connectivity index (χ4v) is 2.19. The standard InChI is InChI=1S/C10H11NO4S/c1-8-2-4-9(5-3-8)16(13,14)15-11-7-6-10(11)12/h2-5H,6-7H2,1H3. The Morgan fingerprint density at radius 1 is 1.25 bits per heavy atom. The normalized spacial score (nSPS) is 16.1. The average Bonchev–Trinajstić information content (AvgIpc) is 2.25. The van der Waals surface area contributed by atoms with E-state index in [0.717, 1.165) is 10.6 Å². The summed E-state index contributed by atoms with van der Waals surface area (Å²) in [6, 6.07) is 6.26. The van der Waals surface area contributed by atoms with Crippen LogP contribution in [0.5, 0.6) is 0 Å². The minimum absolute atomic E-state index is 0.0535. The van der Waals surface area contributed by atoms with Crippen LogP contribution >= 0.6 is 0 Å². The maximum atomic E-state index is 11.7. The topological polar surface area (TPSA) is 63.7 Å². The van der Waals surface area contributed by atoms with Gasteiger partial charge in [0.05, 0.1) is 11.4 Å². The first-order valence-corrected chi connectivity index (χ1v) is 6.21. The SMILES string of the molecule is Cc1ccc(S(=O)(=O)ON2CCC2=O)cc1. The van der Waals surface area contributed by atoms with Gasteiger partial charge in [-0.3, -0.25) is 4.79 Å². The summed E-state index contributed by atoms with van der Waals surface area (Å²) in [6.45, 7) is 2.18. The molecule has 0 aromatic heterocycles. The summed E-state index contributed by atoms with van der Waals surface area (Å²) < 4.78 is 28.0. The molecular formula is C10H11NO4S. The Morgan fingerprint density at radius 2 is 1.88 bits per heavy atom. The van der Waals surface area contributed by atoms with E-state index in [1.165, 1.54) is 12.1 Å². The smallest absolute Gasteiger partial charge is 0.272 e. The minimum atomic E-state index is -3.86. The van der Waals surface area contributed by atoms with Crippen LogP contribution in [0.4, 0.5) is 0 Å². The number of carbonyl (C=O) groups is 1. The van der Waals surface area contributed by atoms with Crippen LogP contribution in [0.25, 0.3) is 0 Å². The van der Waals surface area contributed by atoms with Crippen LogP contribution in [0.15, 0.2) is 29.2 Å². The van der Waals surface area contributed by atoms with E-state index in [0.29, 0.717) is 13.0 Å². The summed E-state index contributed by atoms with van der Waals surface area (Å²) >= 11 is 0. The molecule has 0 N–H and O–H groups in total. The molecule has 0 unspecified atom stereocenters. The maximum absolute atomic E-state index is 11.7. The molecule has 0 bridgehead atoms. The van der Waals surface area contributed by atoms with Crippen molar-refractivity contribution < 1.29 is 17.5 Å². The van der Waals surface area contributed by atoms with Crippen LogP contribution < -0.4 is 0 Å². The predicted molar refractivity (Wildman–Crippen MR) is 55.8 cm³/mol. The van der Waals surface area contributed by atoms with Crippen LogP contribution in [0.1, 0.15) is 12.0 Å². The molecule has 1 aromatic carbocycles. The summed E-state index contributed by atoms with van der Waals surface area (Å²) in [5.41, 5.74) is 0.957. The van der Waals surface area contributed by atoms with Gasteiger partial charge in [-0.2, -0.15) is 8.42 Å². The highest BCUT2D eigenvalue weighted by Gasteiger charge is 2.30. The molecular weight excluding hydrogens is 230 g/mol. The fourth-order valence-electron chi connectivity index (χ4n) is 1.24. The van der Waals surface area contributed by atoms with Crippen molar-refractivity contribution in [3.63, 3.8) is 0 Å². The van der Waals surface area contributed by atoms with E-state index < -0.39 is 10.1 Å². The molecule has 0 radical (unpaired) electrons. The number of amides is 1. The third-order valence-electron chi connectivity index (χ3n) is 2.30. The fraction of sp³-hybridized carbons (Fsp3) is 0.300. The van der Waals surface area contributed by atoms with E-state index in [1.54, 1.807) is 12.1 Å². The first-order valence-electron chi connectivity index (χ1n) is 4.81. The van der Waals surface area contributed by atoms with Crippen molar-refractivity contribution in [1.29, 1.82) is 0 Å². The number of hydrogen-bond acceptors (Lipinski definition) is 4. The van der Waals surface area contributed by atoms with Crippen molar-refractivity contribution in [1.82, 2.24) is 5.06 Å². The zero-order chi connectivity index (χ0) is 11.8. The Balaban J connectivity index is 2.18. The van der Waals surface area contributed by atoms with Crippen molar-refractivity contribution in [2.24, 2.45) is 0 Å². The lowest BCUT2D eigenvalue weighted by Gasteiger charge is -2.27. The van der Waals surface area contributed by atoms with E-state index in [1.807, 2.05) is 6.92 Å². The Morgan fingerprint density at radius 3 is 2.31 bits per heavy atom. The predicted octanol–water partition coefficient (Wildman–Crippen LogP) is 0.848. The van der Waals surface area contributed by atoms with Gasteiger partial charge in [0.2, 0.25) is 5.91 Å². The summed E-state index contributed by atoms with van der Waals surface area (Å²) in [5, 5.41) is 0.856.